The van der Waals surface area contributed by atoms with Crippen molar-refractivity contribution in [2.24, 2.45) is 5.11 Å². The summed E-state index contributed by atoms with van der Waals surface area (Å²) in [6.45, 7) is 10.2. The van der Waals surface area contributed by atoms with Crippen LogP contribution >= 0.6 is 0 Å². The first-order valence-corrected chi connectivity index (χ1v) is 8.03. The van der Waals surface area contributed by atoms with Gasteiger partial charge in [0, 0.05) is 21.8 Å². The Kier molecular flexibility index (Phi) is 6.79. The molecule has 0 aliphatic carbocycles. The summed E-state index contributed by atoms with van der Waals surface area (Å²) < 4.78 is 10.3. The minimum Gasteiger partial charge on any atom is -0.444 e. The molecule has 1 rings (SSSR count). The number of carbonyl (C=O) groups is 3. The van der Waals surface area contributed by atoms with Gasteiger partial charge in [0.25, 0.3) is 0 Å². The highest BCUT2D eigenvalue weighted by atomic mass is 16.6. The summed E-state index contributed by atoms with van der Waals surface area (Å²) in [7, 11) is 0. The van der Waals surface area contributed by atoms with Crippen LogP contribution in [0, 0.1) is 0 Å². The summed E-state index contributed by atoms with van der Waals surface area (Å²) in [6, 6.07) is 3.99. The van der Waals surface area contributed by atoms with Gasteiger partial charge in [-0.15, -0.1) is 0 Å². The van der Waals surface area contributed by atoms with Crippen molar-refractivity contribution in [3.63, 3.8) is 0 Å². The molecule has 146 valence electrons. The molecular formula is C17H23N5O5. The van der Waals surface area contributed by atoms with Gasteiger partial charge in [-0.3, -0.25) is 15.4 Å². The van der Waals surface area contributed by atoms with Gasteiger partial charge in [0.2, 0.25) is 5.91 Å². The monoisotopic (exact) mass is 377 g/mol. The second-order valence-electron chi connectivity index (χ2n) is 7.55. The summed E-state index contributed by atoms with van der Waals surface area (Å²) in [5, 5.41) is 7.92. The first-order chi connectivity index (χ1) is 12.3. The van der Waals surface area contributed by atoms with Gasteiger partial charge in [-0.25, -0.2) is 9.59 Å². The molecule has 27 heavy (non-hydrogen) atoms. The largest absolute Gasteiger partial charge is 0.444 e. The summed E-state index contributed by atoms with van der Waals surface area (Å²) in [4.78, 5) is 38.2. The molecule has 0 aliphatic heterocycles. The van der Waals surface area contributed by atoms with Gasteiger partial charge in [-0.05, 0) is 70.4 Å². The fourth-order valence-corrected chi connectivity index (χ4v) is 1.84. The van der Waals surface area contributed by atoms with Crippen molar-refractivity contribution in [2.75, 3.05) is 10.6 Å². The van der Waals surface area contributed by atoms with Gasteiger partial charge in [-0.2, -0.15) is 0 Å². The highest BCUT2D eigenvalue weighted by molar-refractivity contribution is 5.99. The van der Waals surface area contributed by atoms with Crippen molar-refractivity contribution in [3.8, 4) is 0 Å². The molecule has 10 heteroatoms. The van der Waals surface area contributed by atoms with E-state index in [-0.39, 0.29) is 16.9 Å². The quantitative estimate of drug-likeness (QED) is 0.440. The minimum atomic E-state index is -0.877. The van der Waals surface area contributed by atoms with E-state index >= 15 is 0 Å². The van der Waals surface area contributed by atoms with Gasteiger partial charge in [0.1, 0.15) is 11.2 Å². The average Bonchev–Trinajstić information content (AvgIpc) is 2.42. The Balaban J connectivity index is 3.13. The van der Waals surface area contributed by atoms with Crippen LogP contribution in [-0.4, -0.2) is 29.3 Å². The third-order valence-corrected chi connectivity index (χ3v) is 2.61. The molecule has 0 saturated carbocycles. The molecule has 0 radical (unpaired) electrons. The van der Waals surface area contributed by atoms with E-state index < -0.39 is 29.3 Å². The van der Waals surface area contributed by atoms with E-state index in [1.54, 1.807) is 41.5 Å². The number of amides is 3. The Hall–Kier alpha value is -3.26. The Morgan fingerprint density at radius 3 is 1.63 bits per heavy atom. The highest BCUT2D eigenvalue weighted by Crippen LogP contribution is 2.22. The third kappa shape index (κ3) is 8.59. The molecule has 0 spiro atoms. The molecule has 0 saturated heterocycles. The topological polar surface area (TPSA) is 142 Å². The smallest absolute Gasteiger partial charge is 0.412 e. The van der Waals surface area contributed by atoms with Gasteiger partial charge >= 0.3 is 12.2 Å². The number of hydrogen-bond donors (Lipinski definition) is 2. The van der Waals surface area contributed by atoms with E-state index in [4.69, 9.17) is 15.0 Å². The molecule has 3 amide bonds. The van der Waals surface area contributed by atoms with Gasteiger partial charge in [0.15, 0.2) is 0 Å². The lowest BCUT2D eigenvalue weighted by molar-refractivity contribution is 0.0625. The molecule has 0 bridgehead atoms. The summed E-state index contributed by atoms with van der Waals surface area (Å²) >= 11 is 0. The molecular weight excluding hydrogens is 354 g/mol. The van der Waals surface area contributed by atoms with E-state index in [1.165, 1.54) is 18.2 Å². The van der Waals surface area contributed by atoms with Crippen LogP contribution < -0.4 is 10.6 Å². The summed E-state index contributed by atoms with van der Waals surface area (Å²) in [5.74, 6) is -0.877. The van der Waals surface area contributed by atoms with Crippen LogP contribution in [0.3, 0.4) is 0 Å². The molecule has 2 N–H and O–H groups in total. The number of carbonyl (C=O) groups excluding carboxylic acids is 3. The SMILES string of the molecule is CC(C)(C)OC(=O)Nc1cc(NC(=O)OC(C)(C)C)cc(C(=O)N=[N+]=[N-])c1. The molecule has 0 atom stereocenters. The molecule has 1 aromatic rings. The van der Waals surface area contributed by atoms with Crippen molar-refractivity contribution in [2.45, 2.75) is 52.7 Å². The lowest BCUT2D eigenvalue weighted by Crippen LogP contribution is -2.28. The normalized spacial score (nSPS) is 11.0. The molecule has 0 aromatic heterocycles. The molecule has 0 aliphatic rings. The van der Waals surface area contributed by atoms with Crippen LogP contribution in [0.2, 0.25) is 0 Å². The van der Waals surface area contributed by atoms with Crippen molar-refractivity contribution in [1.82, 2.24) is 0 Å². The first kappa shape index (κ1) is 21.8. The number of rotatable bonds is 3. The molecule has 0 heterocycles. The third-order valence-electron chi connectivity index (χ3n) is 2.61. The molecule has 1 aromatic carbocycles. The second kappa shape index (κ2) is 8.41. The highest BCUT2D eigenvalue weighted by Gasteiger charge is 2.19. The van der Waals surface area contributed by atoms with Crippen LogP contribution in [0.25, 0.3) is 10.4 Å². The number of nitrogens with zero attached hydrogens (tertiary/aromatic N) is 3. The summed E-state index contributed by atoms with van der Waals surface area (Å²) in [5.41, 5.74) is 7.28. The summed E-state index contributed by atoms with van der Waals surface area (Å²) in [6.07, 6.45) is -1.50. The molecule has 10 nitrogen and oxygen atoms in total. The van der Waals surface area contributed by atoms with Crippen LogP contribution in [0.5, 0.6) is 0 Å². The lowest BCUT2D eigenvalue weighted by atomic mass is 10.1. The maximum atomic E-state index is 11.9. The van der Waals surface area contributed by atoms with E-state index in [0.717, 1.165) is 0 Å². The zero-order valence-corrected chi connectivity index (χ0v) is 16.1. The van der Waals surface area contributed by atoms with Crippen molar-refractivity contribution < 1.29 is 23.9 Å². The number of benzene rings is 1. The zero-order chi connectivity index (χ0) is 20.8. The Morgan fingerprint density at radius 1 is 0.889 bits per heavy atom. The van der Waals surface area contributed by atoms with Crippen LogP contribution in [0.15, 0.2) is 23.3 Å². The lowest BCUT2D eigenvalue weighted by Gasteiger charge is -2.21. The van der Waals surface area contributed by atoms with Crippen molar-refractivity contribution in [3.05, 3.63) is 34.2 Å². The zero-order valence-electron chi connectivity index (χ0n) is 16.1. The van der Waals surface area contributed by atoms with E-state index in [0.29, 0.717) is 0 Å². The predicted octanol–water partition coefficient (Wildman–Crippen LogP) is 4.83. The number of ether oxygens (including phenoxy) is 2. The maximum Gasteiger partial charge on any atom is 0.412 e. The van der Waals surface area contributed by atoms with Crippen LogP contribution in [0.4, 0.5) is 21.0 Å². The number of hydrogen-bond acceptors (Lipinski definition) is 5. The van der Waals surface area contributed by atoms with E-state index in [2.05, 4.69) is 20.7 Å². The fourth-order valence-electron chi connectivity index (χ4n) is 1.84. The number of nitrogens with one attached hydrogen (secondary N) is 2. The standard InChI is InChI=1S/C17H23N5O5/c1-16(2,3)26-14(24)19-11-7-10(13(23)21-22-18)8-12(9-11)20-15(25)27-17(4,5)6/h7-9H,1-6H3,(H,19,24)(H,20,25). The van der Waals surface area contributed by atoms with Gasteiger partial charge < -0.3 is 9.47 Å². The average molecular weight is 377 g/mol. The van der Waals surface area contributed by atoms with Crippen LogP contribution in [0.1, 0.15) is 51.9 Å². The second-order valence-corrected chi connectivity index (χ2v) is 7.55. The Bertz CT molecular complexity index is 738. The van der Waals surface area contributed by atoms with Crippen molar-refractivity contribution in [1.29, 1.82) is 0 Å². The predicted molar refractivity (Wildman–Crippen MR) is 99.6 cm³/mol. The van der Waals surface area contributed by atoms with Crippen molar-refractivity contribution >= 4 is 29.5 Å². The van der Waals surface area contributed by atoms with Crippen LogP contribution in [-0.2, 0) is 9.47 Å². The fraction of sp³-hybridized carbons (Fsp3) is 0.471. The van der Waals surface area contributed by atoms with E-state index in [1.807, 2.05) is 0 Å². The molecule has 0 unspecified atom stereocenters. The molecule has 0 fully saturated rings. The number of anilines is 2. The van der Waals surface area contributed by atoms with Gasteiger partial charge in [0.05, 0.1) is 0 Å². The Labute approximate surface area is 156 Å². The first-order valence-electron chi connectivity index (χ1n) is 8.03. The minimum absolute atomic E-state index is 0.0348. The van der Waals surface area contributed by atoms with E-state index in [9.17, 15) is 14.4 Å². The number of azide groups is 1. The maximum absolute atomic E-state index is 11.9. The Morgan fingerprint density at radius 2 is 1.30 bits per heavy atom. The van der Waals surface area contributed by atoms with Gasteiger partial charge in [-0.1, -0.05) is 0 Å².